The third-order valence-corrected chi connectivity index (χ3v) is 4.02. The zero-order chi connectivity index (χ0) is 15.7. The Balaban J connectivity index is 2.04. The first kappa shape index (κ1) is 14.6. The van der Waals surface area contributed by atoms with Crippen LogP contribution in [0.15, 0.2) is 23.0 Å². The highest BCUT2D eigenvalue weighted by Crippen LogP contribution is 2.39. The van der Waals surface area contributed by atoms with Gasteiger partial charge in [-0.2, -0.15) is 5.10 Å². The second-order valence-corrected chi connectivity index (χ2v) is 5.59. The third kappa shape index (κ3) is 2.69. The topological polar surface area (TPSA) is 108 Å². The van der Waals surface area contributed by atoms with Gasteiger partial charge < -0.3 is 4.90 Å². The maximum atomic E-state index is 11.3. The van der Waals surface area contributed by atoms with Gasteiger partial charge in [-0.15, -0.1) is 0 Å². The van der Waals surface area contributed by atoms with E-state index >= 15 is 0 Å². The van der Waals surface area contributed by atoms with Gasteiger partial charge in [0, 0.05) is 17.6 Å². The lowest BCUT2D eigenvalue weighted by molar-refractivity contribution is -0.384. The van der Waals surface area contributed by atoms with Crippen molar-refractivity contribution in [3.63, 3.8) is 0 Å². The number of piperidine rings is 1. The molecule has 2 N–H and O–H groups in total. The highest BCUT2D eigenvalue weighted by atomic mass is 35.5. The molecule has 0 amide bonds. The van der Waals surface area contributed by atoms with Crippen LogP contribution in [0.3, 0.4) is 0 Å². The van der Waals surface area contributed by atoms with Crippen molar-refractivity contribution in [2.45, 2.75) is 25.3 Å². The van der Waals surface area contributed by atoms with Crippen LogP contribution in [0.2, 0.25) is 5.02 Å². The number of aromatic nitrogens is 3. The Labute approximate surface area is 130 Å². The largest absolute Gasteiger partial charge is 0.356 e. The summed E-state index contributed by atoms with van der Waals surface area (Å²) in [6.07, 6.45) is 2.66. The lowest BCUT2D eigenvalue weighted by Crippen LogP contribution is -2.34. The van der Waals surface area contributed by atoms with E-state index in [4.69, 9.17) is 11.6 Å². The number of benzene rings is 1. The summed E-state index contributed by atoms with van der Waals surface area (Å²) in [5.74, 6) is 0.494. The Morgan fingerprint density at radius 3 is 2.91 bits per heavy atom. The van der Waals surface area contributed by atoms with Crippen LogP contribution in [0.1, 0.15) is 31.1 Å². The first-order chi connectivity index (χ1) is 10.6. The SMILES string of the molecule is O=c1[nH]nc([C@H]2CCCCN2c2ccc(Cl)cc2[N+](=O)[O-])[nH]1. The van der Waals surface area contributed by atoms with Crippen molar-refractivity contribution >= 4 is 23.0 Å². The summed E-state index contributed by atoms with van der Waals surface area (Å²) in [6.45, 7) is 0.655. The predicted octanol–water partition coefficient (Wildman–Crippen LogP) is 2.39. The molecule has 22 heavy (non-hydrogen) atoms. The molecule has 2 heterocycles. The molecule has 2 aromatic rings. The van der Waals surface area contributed by atoms with Crippen LogP contribution in [0.25, 0.3) is 0 Å². The molecule has 0 spiro atoms. The van der Waals surface area contributed by atoms with E-state index in [1.807, 2.05) is 4.90 Å². The fourth-order valence-corrected chi connectivity index (χ4v) is 3.00. The molecule has 1 aliphatic heterocycles. The maximum absolute atomic E-state index is 11.3. The summed E-state index contributed by atoms with van der Waals surface area (Å²) >= 11 is 5.87. The smallest absolute Gasteiger partial charge is 0.340 e. The number of nitro groups is 1. The number of aromatic amines is 2. The summed E-state index contributed by atoms with van der Waals surface area (Å²) in [5.41, 5.74) is 0.0614. The predicted molar refractivity (Wildman–Crippen MR) is 81.3 cm³/mol. The van der Waals surface area contributed by atoms with Crippen LogP contribution < -0.4 is 10.6 Å². The molecular formula is C13H14ClN5O3. The molecule has 0 saturated carbocycles. The zero-order valence-electron chi connectivity index (χ0n) is 11.6. The molecule has 3 rings (SSSR count). The number of nitrogens with one attached hydrogen (secondary N) is 2. The van der Waals surface area contributed by atoms with Gasteiger partial charge in [-0.3, -0.25) is 15.1 Å². The fraction of sp³-hybridized carbons (Fsp3) is 0.385. The van der Waals surface area contributed by atoms with Gasteiger partial charge in [-0.25, -0.2) is 9.89 Å². The number of anilines is 1. The lowest BCUT2D eigenvalue weighted by Gasteiger charge is -2.35. The van der Waals surface area contributed by atoms with E-state index in [1.54, 1.807) is 12.1 Å². The van der Waals surface area contributed by atoms with E-state index in [-0.39, 0.29) is 17.4 Å². The Morgan fingerprint density at radius 2 is 2.23 bits per heavy atom. The summed E-state index contributed by atoms with van der Waals surface area (Å²) in [5, 5.41) is 17.9. The van der Waals surface area contributed by atoms with Crippen molar-refractivity contribution in [1.82, 2.24) is 15.2 Å². The number of hydrogen-bond donors (Lipinski definition) is 2. The minimum absolute atomic E-state index is 0.0442. The van der Waals surface area contributed by atoms with Gasteiger partial charge in [0.05, 0.1) is 11.0 Å². The lowest BCUT2D eigenvalue weighted by atomic mass is 10.00. The molecule has 0 unspecified atom stereocenters. The molecule has 1 atom stereocenters. The summed E-state index contributed by atoms with van der Waals surface area (Å²) < 4.78 is 0. The van der Waals surface area contributed by atoms with Gasteiger partial charge >= 0.3 is 5.69 Å². The highest BCUT2D eigenvalue weighted by molar-refractivity contribution is 6.30. The quantitative estimate of drug-likeness (QED) is 0.666. The second kappa shape index (κ2) is 5.80. The number of hydrogen-bond acceptors (Lipinski definition) is 5. The summed E-state index contributed by atoms with van der Waals surface area (Å²) in [7, 11) is 0. The monoisotopic (exact) mass is 323 g/mol. The van der Waals surface area contributed by atoms with Crippen molar-refractivity contribution < 1.29 is 4.92 Å². The minimum Gasteiger partial charge on any atom is -0.356 e. The van der Waals surface area contributed by atoms with Crippen molar-refractivity contribution in [2.24, 2.45) is 0 Å². The van der Waals surface area contributed by atoms with Crippen molar-refractivity contribution in [2.75, 3.05) is 11.4 Å². The molecule has 1 saturated heterocycles. The molecule has 116 valence electrons. The first-order valence-electron chi connectivity index (χ1n) is 6.91. The fourth-order valence-electron chi connectivity index (χ4n) is 2.83. The number of nitro benzene ring substituents is 1. The standard InChI is InChI=1S/C13H14ClN5O3/c14-8-4-5-9(11(7-8)19(21)22)18-6-2-1-3-10(18)12-15-13(20)17-16-12/h4-5,7,10H,1-3,6H2,(H2,15,16,17,20)/t10-/m1/s1. The van der Waals surface area contributed by atoms with Crippen LogP contribution in [0.4, 0.5) is 11.4 Å². The van der Waals surface area contributed by atoms with E-state index in [0.717, 1.165) is 19.3 Å². The average molecular weight is 324 g/mol. The van der Waals surface area contributed by atoms with Crippen LogP contribution in [0.5, 0.6) is 0 Å². The third-order valence-electron chi connectivity index (χ3n) is 3.78. The van der Waals surface area contributed by atoms with Crippen LogP contribution in [0, 0.1) is 10.1 Å². The van der Waals surface area contributed by atoms with Crippen molar-refractivity contribution in [3.8, 4) is 0 Å². The highest BCUT2D eigenvalue weighted by Gasteiger charge is 2.31. The normalized spacial score (nSPS) is 18.4. The second-order valence-electron chi connectivity index (χ2n) is 5.16. The molecule has 1 aromatic carbocycles. The molecular weight excluding hydrogens is 310 g/mol. The Kier molecular flexibility index (Phi) is 3.84. The van der Waals surface area contributed by atoms with Gasteiger partial charge in [0.25, 0.3) is 5.69 Å². The van der Waals surface area contributed by atoms with E-state index in [9.17, 15) is 14.9 Å². The minimum atomic E-state index is -0.444. The Morgan fingerprint density at radius 1 is 1.41 bits per heavy atom. The van der Waals surface area contributed by atoms with Gasteiger partial charge in [-0.1, -0.05) is 11.6 Å². The van der Waals surface area contributed by atoms with E-state index in [2.05, 4.69) is 15.2 Å². The molecule has 0 aliphatic carbocycles. The van der Waals surface area contributed by atoms with Crippen LogP contribution >= 0.6 is 11.6 Å². The number of H-pyrrole nitrogens is 2. The average Bonchev–Trinajstić information content (AvgIpc) is 2.93. The van der Waals surface area contributed by atoms with Crippen LogP contribution in [-0.2, 0) is 0 Å². The molecule has 0 bridgehead atoms. The number of nitrogens with zero attached hydrogens (tertiary/aromatic N) is 3. The van der Waals surface area contributed by atoms with Crippen molar-refractivity contribution in [3.05, 3.63) is 49.6 Å². The van der Waals surface area contributed by atoms with E-state index in [0.29, 0.717) is 23.1 Å². The molecule has 8 nitrogen and oxygen atoms in total. The number of halogens is 1. The number of rotatable bonds is 3. The molecule has 1 aromatic heterocycles. The van der Waals surface area contributed by atoms with Gasteiger partial charge in [-0.05, 0) is 31.4 Å². The van der Waals surface area contributed by atoms with E-state index in [1.165, 1.54) is 6.07 Å². The molecule has 0 radical (unpaired) electrons. The van der Waals surface area contributed by atoms with Crippen molar-refractivity contribution in [1.29, 1.82) is 0 Å². The summed E-state index contributed by atoms with van der Waals surface area (Å²) in [4.78, 5) is 26.7. The Hall–Kier alpha value is -2.35. The molecule has 1 fully saturated rings. The Bertz CT molecular complexity index is 756. The maximum Gasteiger partial charge on any atom is 0.340 e. The van der Waals surface area contributed by atoms with Gasteiger partial charge in [0.2, 0.25) is 0 Å². The molecule has 1 aliphatic rings. The van der Waals surface area contributed by atoms with Gasteiger partial charge in [0.1, 0.15) is 5.69 Å². The molecule has 9 heteroatoms. The zero-order valence-corrected chi connectivity index (χ0v) is 12.3. The van der Waals surface area contributed by atoms with Gasteiger partial charge in [0.15, 0.2) is 5.82 Å². The summed E-state index contributed by atoms with van der Waals surface area (Å²) in [6, 6.07) is 4.41. The van der Waals surface area contributed by atoms with Crippen LogP contribution in [-0.4, -0.2) is 26.6 Å². The first-order valence-corrected chi connectivity index (χ1v) is 7.29. The van der Waals surface area contributed by atoms with E-state index < -0.39 is 4.92 Å².